The predicted octanol–water partition coefficient (Wildman–Crippen LogP) is 5.82. The normalized spacial score (nSPS) is 11.2. The van der Waals surface area contributed by atoms with Crippen molar-refractivity contribution in [1.82, 2.24) is 9.99 Å². The first kappa shape index (κ1) is 19.8. The van der Waals surface area contributed by atoms with Crippen LogP contribution in [0.1, 0.15) is 21.5 Å². The molecule has 1 heterocycles. The lowest BCUT2D eigenvalue weighted by Crippen LogP contribution is -2.18. The number of para-hydroxylation sites is 1. The molecule has 144 valence electrons. The van der Waals surface area contributed by atoms with E-state index in [9.17, 15) is 4.79 Å². The Labute approximate surface area is 190 Å². The van der Waals surface area contributed by atoms with Crippen molar-refractivity contribution in [1.29, 1.82) is 0 Å². The second-order valence-electron chi connectivity index (χ2n) is 6.53. The van der Waals surface area contributed by atoms with E-state index in [1.165, 1.54) is 9.13 Å². The van der Waals surface area contributed by atoms with E-state index in [4.69, 9.17) is 0 Å². The molecular weight excluding hydrogens is 541 g/mol. The van der Waals surface area contributed by atoms with Crippen LogP contribution in [-0.4, -0.2) is 16.7 Å². The van der Waals surface area contributed by atoms with Gasteiger partial charge in [-0.2, -0.15) is 5.10 Å². The molecule has 0 saturated heterocycles. The van der Waals surface area contributed by atoms with Gasteiger partial charge >= 0.3 is 0 Å². The third-order valence-corrected chi connectivity index (χ3v) is 5.98. The Morgan fingerprint density at radius 1 is 1.03 bits per heavy atom. The summed E-state index contributed by atoms with van der Waals surface area (Å²) in [6.07, 6.45) is 3.76. The summed E-state index contributed by atoms with van der Waals surface area (Å²) < 4.78 is 4.16. The van der Waals surface area contributed by atoms with Gasteiger partial charge in [0, 0.05) is 37.3 Å². The number of hydrazone groups is 1. The van der Waals surface area contributed by atoms with Gasteiger partial charge in [-0.25, -0.2) is 5.43 Å². The molecule has 0 spiro atoms. The number of fused-ring (bicyclic) bond motifs is 1. The Hall–Kier alpha value is -2.45. The number of benzene rings is 3. The molecule has 6 heteroatoms. The minimum atomic E-state index is -0.253. The number of amides is 1. The first-order valence-electron chi connectivity index (χ1n) is 9.02. The van der Waals surface area contributed by atoms with E-state index >= 15 is 0 Å². The van der Waals surface area contributed by atoms with Gasteiger partial charge in [-0.15, -0.1) is 0 Å². The third-order valence-electron chi connectivity index (χ3n) is 4.57. The SMILES string of the molecule is O=C(N/N=C\c1cn(Cc2ccc(I)cc2)c2ccccc12)c1ccccc1Br. The molecule has 0 aliphatic carbocycles. The smallest absolute Gasteiger partial charge is 0.272 e. The number of nitrogens with zero attached hydrogens (tertiary/aromatic N) is 2. The van der Waals surface area contributed by atoms with E-state index in [1.807, 2.05) is 30.3 Å². The van der Waals surface area contributed by atoms with Gasteiger partial charge < -0.3 is 4.57 Å². The number of rotatable bonds is 5. The van der Waals surface area contributed by atoms with Gasteiger partial charge in [-0.3, -0.25) is 4.79 Å². The van der Waals surface area contributed by atoms with E-state index in [1.54, 1.807) is 12.3 Å². The fourth-order valence-corrected chi connectivity index (χ4v) is 3.99. The lowest BCUT2D eigenvalue weighted by atomic mass is 10.2. The monoisotopic (exact) mass is 557 g/mol. The zero-order chi connectivity index (χ0) is 20.2. The van der Waals surface area contributed by atoms with Crippen LogP contribution in [0.2, 0.25) is 0 Å². The summed E-state index contributed by atoms with van der Waals surface area (Å²) >= 11 is 5.70. The van der Waals surface area contributed by atoms with E-state index in [0.29, 0.717) is 5.56 Å². The highest BCUT2D eigenvalue weighted by Crippen LogP contribution is 2.22. The van der Waals surface area contributed by atoms with Gasteiger partial charge in [0.05, 0.1) is 11.8 Å². The van der Waals surface area contributed by atoms with E-state index in [-0.39, 0.29) is 5.91 Å². The molecule has 29 heavy (non-hydrogen) atoms. The lowest BCUT2D eigenvalue weighted by Gasteiger charge is -2.05. The topological polar surface area (TPSA) is 46.4 Å². The van der Waals surface area contributed by atoms with Gasteiger partial charge in [0.1, 0.15) is 0 Å². The minimum Gasteiger partial charge on any atom is -0.342 e. The summed E-state index contributed by atoms with van der Waals surface area (Å²) in [5.74, 6) is -0.253. The molecule has 0 aliphatic rings. The molecule has 4 nitrogen and oxygen atoms in total. The van der Waals surface area contributed by atoms with Crippen molar-refractivity contribution < 1.29 is 4.79 Å². The predicted molar refractivity (Wildman–Crippen MR) is 129 cm³/mol. The molecule has 0 unspecified atom stereocenters. The molecule has 0 atom stereocenters. The van der Waals surface area contributed by atoms with Crippen LogP contribution < -0.4 is 5.43 Å². The molecule has 4 rings (SSSR count). The van der Waals surface area contributed by atoms with Crippen molar-refractivity contribution in [2.75, 3.05) is 0 Å². The van der Waals surface area contributed by atoms with Crippen molar-refractivity contribution in [2.24, 2.45) is 5.10 Å². The Morgan fingerprint density at radius 2 is 1.76 bits per heavy atom. The molecule has 3 aromatic carbocycles. The lowest BCUT2D eigenvalue weighted by molar-refractivity contribution is 0.0954. The maximum Gasteiger partial charge on any atom is 0.272 e. The van der Waals surface area contributed by atoms with Gasteiger partial charge in [0.25, 0.3) is 5.91 Å². The highest BCUT2D eigenvalue weighted by Gasteiger charge is 2.09. The van der Waals surface area contributed by atoms with Crippen LogP contribution in [0.15, 0.2) is 88.6 Å². The van der Waals surface area contributed by atoms with Crippen molar-refractivity contribution >= 4 is 61.5 Å². The molecule has 4 aromatic rings. The zero-order valence-corrected chi connectivity index (χ0v) is 19.1. The fraction of sp³-hybridized carbons (Fsp3) is 0.0435. The number of carbonyl (C=O) groups is 1. The van der Waals surface area contributed by atoms with Gasteiger partial charge in [0.2, 0.25) is 0 Å². The first-order chi connectivity index (χ1) is 14.1. The average molecular weight is 558 g/mol. The van der Waals surface area contributed by atoms with E-state index in [2.05, 4.69) is 96.2 Å². The molecule has 1 N–H and O–H groups in total. The number of carbonyl (C=O) groups excluding carboxylic acids is 1. The van der Waals surface area contributed by atoms with Crippen LogP contribution in [0.4, 0.5) is 0 Å². The highest BCUT2D eigenvalue weighted by molar-refractivity contribution is 14.1. The van der Waals surface area contributed by atoms with Crippen LogP contribution in [0.3, 0.4) is 0 Å². The van der Waals surface area contributed by atoms with Gasteiger partial charge in [-0.05, 0) is 74.4 Å². The van der Waals surface area contributed by atoms with Crippen LogP contribution >= 0.6 is 38.5 Å². The van der Waals surface area contributed by atoms with Gasteiger partial charge in [0.15, 0.2) is 0 Å². The number of hydrogen-bond acceptors (Lipinski definition) is 2. The van der Waals surface area contributed by atoms with Crippen molar-refractivity contribution in [3.63, 3.8) is 0 Å². The van der Waals surface area contributed by atoms with Crippen LogP contribution in [0.5, 0.6) is 0 Å². The summed E-state index contributed by atoms with van der Waals surface area (Å²) in [6.45, 7) is 0.772. The highest BCUT2D eigenvalue weighted by atomic mass is 127. The summed E-state index contributed by atoms with van der Waals surface area (Å²) in [6, 6.07) is 24.0. The maximum absolute atomic E-state index is 12.3. The van der Waals surface area contributed by atoms with E-state index < -0.39 is 0 Å². The third kappa shape index (κ3) is 4.59. The Morgan fingerprint density at radius 3 is 2.55 bits per heavy atom. The number of nitrogens with one attached hydrogen (secondary N) is 1. The molecule has 1 amide bonds. The molecule has 0 radical (unpaired) electrons. The molecule has 0 bridgehead atoms. The summed E-state index contributed by atoms with van der Waals surface area (Å²) in [7, 11) is 0. The van der Waals surface area contributed by atoms with Gasteiger partial charge in [-0.1, -0.05) is 42.5 Å². The maximum atomic E-state index is 12.3. The van der Waals surface area contributed by atoms with Crippen molar-refractivity contribution in [3.8, 4) is 0 Å². The summed E-state index contributed by atoms with van der Waals surface area (Å²) in [4.78, 5) is 12.3. The van der Waals surface area contributed by atoms with Crippen LogP contribution in [0.25, 0.3) is 10.9 Å². The summed E-state index contributed by atoms with van der Waals surface area (Å²) in [5, 5.41) is 5.28. The van der Waals surface area contributed by atoms with E-state index in [0.717, 1.165) is 27.5 Å². The molecule has 0 fully saturated rings. The first-order valence-corrected chi connectivity index (χ1v) is 10.9. The van der Waals surface area contributed by atoms with Crippen molar-refractivity contribution in [2.45, 2.75) is 6.54 Å². The molecule has 1 aromatic heterocycles. The van der Waals surface area contributed by atoms with Crippen LogP contribution in [0, 0.1) is 3.57 Å². The second-order valence-corrected chi connectivity index (χ2v) is 8.63. The Bertz CT molecular complexity index is 1200. The fourth-order valence-electron chi connectivity index (χ4n) is 3.16. The largest absolute Gasteiger partial charge is 0.342 e. The Balaban J connectivity index is 1.57. The average Bonchev–Trinajstić information content (AvgIpc) is 3.08. The number of hydrogen-bond donors (Lipinski definition) is 1. The standard InChI is InChI=1S/C23H17BrIN3O/c24-21-7-3-1-6-20(21)23(29)27-26-13-17-15-28(22-8-4-2-5-19(17)22)14-16-9-11-18(25)12-10-16/h1-13,15H,14H2,(H,27,29)/b26-13-. The quantitative estimate of drug-likeness (QED) is 0.187. The zero-order valence-electron chi connectivity index (χ0n) is 15.3. The Kier molecular flexibility index (Phi) is 6.10. The molecular formula is C23H17BrIN3O. The molecule has 0 saturated carbocycles. The molecule has 0 aliphatic heterocycles. The summed E-state index contributed by atoms with van der Waals surface area (Å²) in [5.41, 5.74) is 6.48. The number of halogens is 2. The minimum absolute atomic E-state index is 0.253. The van der Waals surface area contributed by atoms with Crippen molar-refractivity contribution in [3.05, 3.63) is 104 Å². The van der Waals surface area contributed by atoms with Crippen LogP contribution in [-0.2, 0) is 6.54 Å². The second kappa shape index (κ2) is 8.92. The number of aromatic nitrogens is 1.